The second kappa shape index (κ2) is 7.93. The summed E-state index contributed by atoms with van der Waals surface area (Å²) in [5.74, 6) is 2.59. The van der Waals surface area contributed by atoms with Crippen molar-refractivity contribution in [3.05, 3.63) is 53.3 Å². The summed E-state index contributed by atoms with van der Waals surface area (Å²) in [6.07, 6.45) is -3.76. The van der Waals surface area contributed by atoms with Crippen LogP contribution in [0.25, 0.3) is 16.7 Å². The van der Waals surface area contributed by atoms with E-state index in [9.17, 15) is 13.2 Å². The van der Waals surface area contributed by atoms with E-state index in [1.165, 1.54) is 13.2 Å². The Hall–Kier alpha value is -3.56. The Bertz CT molecular complexity index is 1250. The zero-order valence-electron chi connectivity index (χ0n) is 17.1. The summed E-state index contributed by atoms with van der Waals surface area (Å²) in [5.41, 5.74) is 0.522. The molecule has 0 saturated heterocycles. The molecule has 0 saturated carbocycles. The van der Waals surface area contributed by atoms with Crippen molar-refractivity contribution in [2.24, 2.45) is 0 Å². The van der Waals surface area contributed by atoms with E-state index in [1.807, 2.05) is 11.3 Å². The highest BCUT2D eigenvalue weighted by atomic mass is 19.4. The molecule has 162 valence electrons. The molecule has 0 aliphatic heterocycles. The van der Waals surface area contributed by atoms with Crippen LogP contribution in [0.15, 0.2) is 36.4 Å². The molecule has 0 radical (unpaired) electrons. The predicted molar refractivity (Wildman–Crippen MR) is 110 cm³/mol. The third-order valence-electron chi connectivity index (χ3n) is 4.95. The number of aryl methyl sites for hydroxylation is 1. The number of rotatable bonds is 6. The number of anilines is 1. The Kier molecular flexibility index (Phi) is 5.30. The van der Waals surface area contributed by atoms with Crippen LogP contribution >= 0.6 is 0 Å². The number of nitrogens with zero attached hydrogens (tertiary/aromatic N) is 4. The molecule has 0 aliphatic carbocycles. The van der Waals surface area contributed by atoms with E-state index in [0.29, 0.717) is 40.5 Å². The van der Waals surface area contributed by atoms with Crippen molar-refractivity contribution in [1.29, 1.82) is 0 Å². The van der Waals surface area contributed by atoms with Crippen LogP contribution in [0.1, 0.15) is 23.9 Å². The molecule has 2 heterocycles. The fourth-order valence-corrected chi connectivity index (χ4v) is 3.44. The molecule has 31 heavy (non-hydrogen) atoms. The van der Waals surface area contributed by atoms with Gasteiger partial charge in [0.05, 0.1) is 25.3 Å². The Morgan fingerprint density at radius 3 is 2.45 bits per heavy atom. The fraction of sp³-hybridized carbons (Fsp3) is 0.286. The Morgan fingerprint density at radius 1 is 1.03 bits per heavy atom. The molecule has 4 aromatic rings. The Balaban J connectivity index is 1.81. The van der Waals surface area contributed by atoms with Gasteiger partial charge in [-0.2, -0.15) is 18.2 Å². The maximum absolute atomic E-state index is 13.0. The summed E-state index contributed by atoms with van der Waals surface area (Å²) in [6.45, 7) is 2.11. The van der Waals surface area contributed by atoms with Crippen LogP contribution in [0.4, 0.5) is 19.0 Å². The first-order valence-corrected chi connectivity index (χ1v) is 9.55. The topological polar surface area (TPSA) is 73.6 Å². The van der Waals surface area contributed by atoms with Gasteiger partial charge < -0.3 is 14.8 Å². The standard InChI is InChI=1S/C21H20F3N5O2/c1-4-18-27-28-20-26-19(25-11-12-6-5-7-13(8-12)21(22,23)24)14-9-16(30-2)17(31-3)10-15(14)29(18)20/h5-10H,4,11H2,1-3H3,(H,25,26,28). The van der Waals surface area contributed by atoms with Gasteiger partial charge in [-0.05, 0) is 23.8 Å². The van der Waals surface area contributed by atoms with Gasteiger partial charge in [0, 0.05) is 24.4 Å². The van der Waals surface area contributed by atoms with Crippen LogP contribution in [0, 0.1) is 0 Å². The molecule has 2 aromatic heterocycles. The maximum atomic E-state index is 13.0. The van der Waals surface area contributed by atoms with Gasteiger partial charge >= 0.3 is 6.18 Å². The molecule has 0 fully saturated rings. The number of ether oxygens (including phenoxy) is 2. The van der Waals surface area contributed by atoms with Gasteiger partial charge in [-0.15, -0.1) is 10.2 Å². The molecule has 0 unspecified atom stereocenters. The monoisotopic (exact) mass is 431 g/mol. The number of nitrogens with one attached hydrogen (secondary N) is 1. The predicted octanol–water partition coefficient (Wildman–Crippen LogP) is 4.49. The van der Waals surface area contributed by atoms with E-state index in [0.717, 1.165) is 23.5 Å². The molecule has 0 aliphatic rings. The smallest absolute Gasteiger partial charge is 0.416 e. The first kappa shape index (κ1) is 20.7. The van der Waals surface area contributed by atoms with Gasteiger partial charge in [0.15, 0.2) is 11.5 Å². The average molecular weight is 431 g/mol. The van der Waals surface area contributed by atoms with E-state index in [-0.39, 0.29) is 6.54 Å². The number of fused-ring (bicyclic) bond motifs is 3. The van der Waals surface area contributed by atoms with Gasteiger partial charge in [-0.1, -0.05) is 19.1 Å². The van der Waals surface area contributed by atoms with E-state index >= 15 is 0 Å². The summed E-state index contributed by atoms with van der Waals surface area (Å²) < 4.78 is 51.8. The van der Waals surface area contributed by atoms with E-state index in [1.54, 1.807) is 25.3 Å². The van der Waals surface area contributed by atoms with Crippen molar-refractivity contribution >= 4 is 22.5 Å². The summed E-state index contributed by atoms with van der Waals surface area (Å²) in [6, 6.07) is 8.75. The van der Waals surface area contributed by atoms with Crippen molar-refractivity contribution in [2.45, 2.75) is 26.1 Å². The lowest BCUT2D eigenvalue weighted by molar-refractivity contribution is -0.137. The van der Waals surface area contributed by atoms with Gasteiger partial charge in [0.2, 0.25) is 0 Å². The number of aromatic nitrogens is 4. The molecular weight excluding hydrogens is 411 g/mol. The highest BCUT2D eigenvalue weighted by Gasteiger charge is 2.30. The molecule has 2 aromatic carbocycles. The number of hydrogen-bond donors (Lipinski definition) is 1. The number of hydrogen-bond acceptors (Lipinski definition) is 6. The zero-order chi connectivity index (χ0) is 22.2. The summed E-state index contributed by atoms with van der Waals surface area (Å²) in [7, 11) is 3.07. The largest absolute Gasteiger partial charge is 0.493 e. The average Bonchev–Trinajstić information content (AvgIpc) is 3.19. The maximum Gasteiger partial charge on any atom is 0.416 e. The van der Waals surface area contributed by atoms with Crippen LogP contribution in [0.3, 0.4) is 0 Å². The molecule has 7 nitrogen and oxygen atoms in total. The third kappa shape index (κ3) is 3.80. The normalized spacial score (nSPS) is 11.8. The number of benzene rings is 2. The summed E-state index contributed by atoms with van der Waals surface area (Å²) in [4.78, 5) is 4.55. The zero-order valence-corrected chi connectivity index (χ0v) is 17.1. The van der Waals surface area contributed by atoms with E-state index in [4.69, 9.17) is 9.47 Å². The van der Waals surface area contributed by atoms with Crippen molar-refractivity contribution in [2.75, 3.05) is 19.5 Å². The quantitative estimate of drug-likeness (QED) is 0.485. The lowest BCUT2D eigenvalue weighted by atomic mass is 10.1. The van der Waals surface area contributed by atoms with Crippen molar-refractivity contribution < 1.29 is 22.6 Å². The van der Waals surface area contributed by atoms with Crippen molar-refractivity contribution in [3.8, 4) is 11.5 Å². The van der Waals surface area contributed by atoms with E-state index in [2.05, 4.69) is 20.5 Å². The first-order chi connectivity index (χ1) is 14.9. The second-order valence-electron chi connectivity index (χ2n) is 6.84. The molecule has 10 heteroatoms. The fourth-order valence-electron chi connectivity index (χ4n) is 3.44. The third-order valence-corrected chi connectivity index (χ3v) is 4.95. The van der Waals surface area contributed by atoms with Crippen molar-refractivity contribution in [3.63, 3.8) is 0 Å². The Morgan fingerprint density at radius 2 is 1.77 bits per heavy atom. The van der Waals surface area contributed by atoms with Crippen LogP contribution in [0.5, 0.6) is 11.5 Å². The minimum absolute atomic E-state index is 0.144. The molecular formula is C21H20F3N5O2. The first-order valence-electron chi connectivity index (χ1n) is 9.55. The highest BCUT2D eigenvalue weighted by molar-refractivity contribution is 5.93. The van der Waals surface area contributed by atoms with Crippen LogP contribution in [-0.2, 0) is 19.1 Å². The van der Waals surface area contributed by atoms with Crippen LogP contribution in [0.2, 0.25) is 0 Å². The Labute approximate surface area is 175 Å². The van der Waals surface area contributed by atoms with Gasteiger partial charge in [0.25, 0.3) is 5.78 Å². The SMILES string of the molecule is CCc1nnc2nc(NCc3cccc(C(F)(F)F)c3)c3cc(OC)c(OC)cc3n12. The lowest BCUT2D eigenvalue weighted by Gasteiger charge is -2.15. The number of methoxy groups -OCH3 is 2. The number of halogens is 3. The summed E-state index contributed by atoms with van der Waals surface area (Å²) in [5, 5.41) is 12.2. The van der Waals surface area contributed by atoms with E-state index < -0.39 is 11.7 Å². The highest BCUT2D eigenvalue weighted by Crippen LogP contribution is 2.36. The minimum Gasteiger partial charge on any atom is -0.493 e. The van der Waals surface area contributed by atoms with Gasteiger partial charge in [-0.25, -0.2) is 0 Å². The molecule has 0 spiro atoms. The van der Waals surface area contributed by atoms with Crippen LogP contribution < -0.4 is 14.8 Å². The summed E-state index contributed by atoms with van der Waals surface area (Å²) >= 11 is 0. The minimum atomic E-state index is -4.40. The lowest BCUT2D eigenvalue weighted by Crippen LogP contribution is -2.08. The molecule has 4 rings (SSSR count). The van der Waals surface area contributed by atoms with Gasteiger partial charge in [0.1, 0.15) is 11.6 Å². The molecule has 0 amide bonds. The van der Waals surface area contributed by atoms with Gasteiger partial charge in [-0.3, -0.25) is 4.40 Å². The molecule has 0 atom stereocenters. The van der Waals surface area contributed by atoms with Crippen molar-refractivity contribution in [1.82, 2.24) is 19.6 Å². The van der Waals surface area contributed by atoms with Crippen LogP contribution in [-0.4, -0.2) is 33.8 Å². The molecule has 1 N–H and O–H groups in total. The molecule has 0 bridgehead atoms. The number of alkyl halides is 3. The second-order valence-corrected chi connectivity index (χ2v) is 6.84.